The first-order valence-corrected chi connectivity index (χ1v) is 6.99. The SMILES string of the molecule is CC(=N)N=C(c1cc(Cl)cnc1N=CN)N1CCNCC1. The summed E-state index contributed by atoms with van der Waals surface area (Å²) in [7, 11) is 0. The minimum Gasteiger partial charge on any atom is -0.390 e. The van der Waals surface area contributed by atoms with Crippen LogP contribution in [0.25, 0.3) is 0 Å². The molecule has 1 aliphatic heterocycles. The molecule has 112 valence electrons. The van der Waals surface area contributed by atoms with E-state index in [4.69, 9.17) is 22.7 Å². The fraction of sp³-hybridized carbons (Fsp3) is 0.385. The van der Waals surface area contributed by atoms with E-state index in [1.54, 1.807) is 13.0 Å². The first-order valence-electron chi connectivity index (χ1n) is 6.61. The maximum absolute atomic E-state index is 7.67. The van der Waals surface area contributed by atoms with Gasteiger partial charge in [0.25, 0.3) is 0 Å². The van der Waals surface area contributed by atoms with Crippen LogP contribution in [0.1, 0.15) is 12.5 Å². The molecule has 7 nitrogen and oxygen atoms in total. The van der Waals surface area contributed by atoms with Crippen molar-refractivity contribution in [2.24, 2.45) is 15.7 Å². The highest BCUT2D eigenvalue weighted by Crippen LogP contribution is 2.22. The van der Waals surface area contributed by atoms with E-state index in [0.717, 1.165) is 26.2 Å². The molecule has 2 heterocycles. The van der Waals surface area contributed by atoms with Gasteiger partial charge in [0.05, 0.1) is 16.9 Å². The summed E-state index contributed by atoms with van der Waals surface area (Å²) in [4.78, 5) is 14.7. The highest BCUT2D eigenvalue weighted by Gasteiger charge is 2.20. The second kappa shape index (κ2) is 7.14. The molecule has 0 amide bonds. The monoisotopic (exact) mass is 307 g/mol. The molecule has 1 fully saturated rings. The summed E-state index contributed by atoms with van der Waals surface area (Å²) in [5.74, 6) is 1.31. The Morgan fingerprint density at radius 2 is 2.24 bits per heavy atom. The van der Waals surface area contributed by atoms with Gasteiger partial charge in [-0.15, -0.1) is 0 Å². The summed E-state index contributed by atoms with van der Waals surface area (Å²) in [6.07, 6.45) is 2.70. The van der Waals surface area contributed by atoms with Crippen LogP contribution in [0.2, 0.25) is 5.02 Å². The Balaban J connectivity index is 2.50. The third-order valence-electron chi connectivity index (χ3n) is 2.96. The van der Waals surface area contributed by atoms with Crippen molar-refractivity contribution in [2.45, 2.75) is 6.92 Å². The van der Waals surface area contributed by atoms with E-state index in [1.165, 1.54) is 12.5 Å². The van der Waals surface area contributed by atoms with Crippen molar-refractivity contribution in [2.75, 3.05) is 26.2 Å². The number of pyridine rings is 1. The lowest BCUT2D eigenvalue weighted by molar-refractivity contribution is 0.358. The number of hydrogen-bond donors (Lipinski definition) is 3. The lowest BCUT2D eigenvalue weighted by atomic mass is 10.2. The molecule has 0 radical (unpaired) electrons. The van der Waals surface area contributed by atoms with E-state index < -0.39 is 0 Å². The Hall–Kier alpha value is -1.99. The summed E-state index contributed by atoms with van der Waals surface area (Å²) in [6.45, 7) is 4.94. The fourth-order valence-corrected chi connectivity index (χ4v) is 2.26. The van der Waals surface area contributed by atoms with Crippen LogP contribution in [0.3, 0.4) is 0 Å². The summed E-state index contributed by atoms with van der Waals surface area (Å²) in [5, 5.41) is 11.4. The van der Waals surface area contributed by atoms with Gasteiger partial charge in [-0.2, -0.15) is 0 Å². The molecule has 8 heteroatoms. The van der Waals surface area contributed by atoms with E-state index in [2.05, 4.69) is 25.2 Å². The van der Waals surface area contributed by atoms with Gasteiger partial charge >= 0.3 is 0 Å². The number of nitrogens with two attached hydrogens (primary N) is 1. The van der Waals surface area contributed by atoms with Crippen molar-refractivity contribution < 1.29 is 0 Å². The second-order valence-electron chi connectivity index (χ2n) is 4.56. The second-order valence-corrected chi connectivity index (χ2v) is 5.00. The van der Waals surface area contributed by atoms with Gasteiger partial charge in [-0.3, -0.25) is 5.41 Å². The maximum atomic E-state index is 7.67. The molecule has 0 unspecified atom stereocenters. The number of aromatic nitrogens is 1. The van der Waals surface area contributed by atoms with E-state index >= 15 is 0 Å². The highest BCUT2D eigenvalue weighted by atomic mass is 35.5. The number of amidine groups is 2. The Bertz CT molecular complexity index is 576. The van der Waals surface area contributed by atoms with Gasteiger partial charge < -0.3 is 16.0 Å². The summed E-state index contributed by atoms with van der Waals surface area (Å²) >= 11 is 6.05. The normalized spacial score (nSPS) is 16.5. The van der Waals surface area contributed by atoms with Gasteiger partial charge in [0, 0.05) is 32.4 Å². The van der Waals surface area contributed by atoms with Crippen molar-refractivity contribution in [3.8, 4) is 0 Å². The molecular weight excluding hydrogens is 290 g/mol. The van der Waals surface area contributed by atoms with Gasteiger partial charge in [-0.25, -0.2) is 15.0 Å². The molecule has 1 aromatic rings. The van der Waals surface area contributed by atoms with Gasteiger partial charge in [-0.1, -0.05) is 11.6 Å². The predicted octanol–water partition coefficient (Wildman–Crippen LogP) is 1.00. The molecular formula is C13H18ClN7. The molecule has 21 heavy (non-hydrogen) atoms. The third-order valence-corrected chi connectivity index (χ3v) is 3.17. The first kappa shape index (κ1) is 15.4. The van der Waals surface area contributed by atoms with Gasteiger partial charge in [-0.05, 0) is 13.0 Å². The molecule has 0 saturated carbocycles. The number of rotatable bonds is 2. The average molecular weight is 308 g/mol. The number of piperazine rings is 1. The number of nitrogens with one attached hydrogen (secondary N) is 2. The lowest BCUT2D eigenvalue weighted by Gasteiger charge is -2.30. The van der Waals surface area contributed by atoms with Crippen molar-refractivity contribution >= 4 is 35.4 Å². The van der Waals surface area contributed by atoms with Gasteiger partial charge in [0.15, 0.2) is 5.82 Å². The molecule has 0 aromatic carbocycles. The average Bonchev–Trinajstić information content (AvgIpc) is 2.48. The Morgan fingerprint density at radius 1 is 1.52 bits per heavy atom. The number of hydrogen-bond acceptors (Lipinski definition) is 4. The van der Waals surface area contributed by atoms with Gasteiger partial charge in [0.2, 0.25) is 0 Å². The first-order chi connectivity index (χ1) is 10.1. The Kier molecular flexibility index (Phi) is 5.24. The lowest BCUT2D eigenvalue weighted by Crippen LogP contribution is -2.47. The Labute approximate surface area is 128 Å². The van der Waals surface area contributed by atoms with E-state index in [1.807, 2.05) is 0 Å². The number of halogens is 1. The maximum Gasteiger partial charge on any atom is 0.164 e. The fourth-order valence-electron chi connectivity index (χ4n) is 2.11. The molecule has 0 atom stereocenters. The number of aliphatic imine (C=N–C) groups is 2. The number of nitrogens with zero attached hydrogens (tertiary/aromatic N) is 4. The van der Waals surface area contributed by atoms with Crippen molar-refractivity contribution in [1.82, 2.24) is 15.2 Å². The van der Waals surface area contributed by atoms with E-state index in [0.29, 0.717) is 22.2 Å². The standard InChI is InChI=1S/C13H18ClN7/c1-9(16)20-13(21-4-2-17-3-5-21)11-6-10(14)7-18-12(11)19-8-15/h6-8,16-17H,2-5H2,1H3,(H2,15,18,19). The topological polar surface area (TPSA) is 103 Å². The van der Waals surface area contributed by atoms with Crippen LogP contribution >= 0.6 is 11.6 Å². The molecule has 2 rings (SSSR count). The molecule has 1 saturated heterocycles. The molecule has 0 spiro atoms. The van der Waals surface area contributed by atoms with Crippen LogP contribution < -0.4 is 11.1 Å². The van der Waals surface area contributed by atoms with Crippen molar-refractivity contribution in [3.63, 3.8) is 0 Å². The van der Waals surface area contributed by atoms with Crippen LogP contribution in [0, 0.1) is 5.41 Å². The molecule has 4 N–H and O–H groups in total. The van der Waals surface area contributed by atoms with E-state index in [-0.39, 0.29) is 5.84 Å². The summed E-state index contributed by atoms with van der Waals surface area (Å²) in [6, 6.07) is 1.75. The molecule has 1 aromatic heterocycles. The third kappa shape index (κ3) is 3.99. The highest BCUT2D eigenvalue weighted by molar-refractivity contribution is 6.31. The minimum atomic E-state index is 0.214. The molecule has 0 bridgehead atoms. The summed E-state index contributed by atoms with van der Waals surface area (Å²) in [5.41, 5.74) is 6.06. The zero-order valence-corrected chi connectivity index (χ0v) is 12.6. The molecule has 0 aliphatic carbocycles. The largest absolute Gasteiger partial charge is 0.390 e. The molecule has 1 aliphatic rings. The van der Waals surface area contributed by atoms with Crippen molar-refractivity contribution in [1.29, 1.82) is 5.41 Å². The smallest absolute Gasteiger partial charge is 0.164 e. The minimum absolute atomic E-state index is 0.214. The van der Waals surface area contributed by atoms with Crippen LogP contribution in [0.4, 0.5) is 5.82 Å². The van der Waals surface area contributed by atoms with Crippen LogP contribution in [-0.4, -0.2) is 54.1 Å². The van der Waals surface area contributed by atoms with Crippen LogP contribution in [-0.2, 0) is 0 Å². The van der Waals surface area contributed by atoms with Gasteiger partial charge in [0.1, 0.15) is 11.7 Å². The van der Waals surface area contributed by atoms with Crippen molar-refractivity contribution in [3.05, 3.63) is 22.8 Å². The van der Waals surface area contributed by atoms with E-state index in [9.17, 15) is 0 Å². The summed E-state index contributed by atoms with van der Waals surface area (Å²) < 4.78 is 0. The zero-order chi connectivity index (χ0) is 15.2. The van der Waals surface area contributed by atoms with Crippen LogP contribution in [0.5, 0.6) is 0 Å². The zero-order valence-electron chi connectivity index (χ0n) is 11.8. The quantitative estimate of drug-likeness (QED) is 0.560. The Morgan fingerprint density at radius 3 is 2.86 bits per heavy atom. The predicted molar refractivity (Wildman–Crippen MR) is 86.0 cm³/mol. The van der Waals surface area contributed by atoms with Crippen LogP contribution in [0.15, 0.2) is 22.2 Å².